The van der Waals surface area contributed by atoms with Crippen LogP contribution < -0.4 is 0 Å². The van der Waals surface area contributed by atoms with Gasteiger partial charge >= 0.3 is 148 Å². The Morgan fingerprint density at radius 2 is 1.17 bits per heavy atom. The summed E-state index contributed by atoms with van der Waals surface area (Å²) in [6.45, 7) is 22.5. The number of benzene rings is 1. The molecular formula is C16H12CrO7. The molecule has 124 valence electrons. The first kappa shape index (κ1) is 33.4. The molecule has 0 aliphatic rings. The van der Waals surface area contributed by atoms with Gasteiger partial charge in [0.1, 0.15) is 0 Å². The molecule has 0 aromatic heterocycles. The molecule has 0 saturated heterocycles. The number of rotatable bonds is 4. The van der Waals surface area contributed by atoms with Crippen molar-refractivity contribution in [2.45, 2.75) is 0 Å². The van der Waals surface area contributed by atoms with E-state index >= 15 is 0 Å². The van der Waals surface area contributed by atoms with Crippen LogP contribution in [0.4, 0.5) is 0 Å². The van der Waals surface area contributed by atoms with Gasteiger partial charge in [-0.3, -0.25) is 0 Å². The van der Waals surface area contributed by atoms with Crippen LogP contribution in [0.25, 0.3) is 5.76 Å². The zero-order valence-corrected chi connectivity index (χ0v) is 14.0. The van der Waals surface area contributed by atoms with Crippen molar-refractivity contribution in [2.24, 2.45) is 0 Å². The van der Waals surface area contributed by atoms with Crippen LogP contribution in [0, 0.1) is 33.3 Å². The molecule has 0 aliphatic carbocycles. The third-order valence-electron chi connectivity index (χ3n) is 1.73. The van der Waals surface area contributed by atoms with Crippen molar-refractivity contribution in [3.8, 4) is 0 Å². The normalized spacial score (nSPS) is 6.92. The summed E-state index contributed by atoms with van der Waals surface area (Å²) in [4.78, 5) is 0. The van der Waals surface area contributed by atoms with Crippen molar-refractivity contribution < 1.29 is 48.6 Å². The summed E-state index contributed by atoms with van der Waals surface area (Å²) in [6.07, 6.45) is 1.81. The molecule has 0 radical (unpaired) electrons. The van der Waals surface area contributed by atoms with E-state index in [1.54, 1.807) is 14.2 Å². The molecule has 0 amide bonds. The van der Waals surface area contributed by atoms with Crippen LogP contribution in [-0.2, 0) is 48.6 Å². The SMILES string of the molecule is CO[C](=[Cr])/C=C(/OC)c1ccccc1.[C-]#[O+].[C-]#[O+].[C-]#[O+].[C-]#[O+].[C-]#[O+]. The monoisotopic (exact) mass is 368 g/mol. The second kappa shape index (κ2) is 37.2. The minimum absolute atomic E-state index is 0.700. The van der Waals surface area contributed by atoms with Crippen molar-refractivity contribution >= 4 is 10.3 Å². The maximum absolute atomic E-state index is 7.50. The molecule has 1 aromatic carbocycles. The second-order valence-electron chi connectivity index (χ2n) is 2.60. The van der Waals surface area contributed by atoms with Crippen molar-refractivity contribution in [1.82, 2.24) is 0 Å². The fraction of sp³-hybridized carbons (Fsp3) is 0.125. The van der Waals surface area contributed by atoms with Crippen LogP contribution in [-0.4, -0.2) is 18.8 Å². The van der Waals surface area contributed by atoms with Gasteiger partial charge in [-0.25, -0.2) is 0 Å². The molecule has 1 aromatic rings. The summed E-state index contributed by atoms with van der Waals surface area (Å²) in [7, 11) is 3.25. The summed E-state index contributed by atoms with van der Waals surface area (Å²) >= 11 is 2.80. The van der Waals surface area contributed by atoms with Crippen LogP contribution >= 0.6 is 0 Å². The van der Waals surface area contributed by atoms with E-state index in [1.807, 2.05) is 36.4 Å². The van der Waals surface area contributed by atoms with Gasteiger partial charge in [-0.05, 0) is 0 Å². The zero-order valence-electron chi connectivity index (χ0n) is 12.7. The van der Waals surface area contributed by atoms with Crippen molar-refractivity contribution in [3.63, 3.8) is 0 Å². The first-order valence-electron chi connectivity index (χ1n) is 5.19. The number of methoxy groups -OCH3 is 2. The molecule has 0 N–H and O–H groups in total. The van der Waals surface area contributed by atoms with E-state index in [4.69, 9.17) is 32.7 Å². The molecule has 0 fully saturated rings. The predicted molar refractivity (Wildman–Crippen MR) is 73.1 cm³/mol. The topological polar surface area (TPSA) is 118 Å². The average Bonchev–Trinajstić information content (AvgIpc) is 2.74. The molecule has 0 unspecified atom stereocenters. The Morgan fingerprint density at radius 3 is 1.46 bits per heavy atom. The first-order chi connectivity index (χ1) is 11.8. The van der Waals surface area contributed by atoms with E-state index in [-0.39, 0.29) is 0 Å². The van der Waals surface area contributed by atoms with Crippen molar-refractivity contribution in [3.05, 3.63) is 75.2 Å². The van der Waals surface area contributed by atoms with Gasteiger partial charge in [0, 0.05) is 0 Å². The van der Waals surface area contributed by atoms with Gasteiger partial charge in [-0.2, -0.15) is 0 Å². The Hall–Kier alpha value is -2.18. The summed E-state index contributed by atoms with van der Waals surface area (Å²) in [6, 6.07) is 9.87. The van der Waals surface area contributed by atoms with Crippen LogP contribution in [0.2, 0.25) is 0 Å². The summed E-state index contributed by atoms with van der Waals surface area (Å²) in [5.74, 6) is 0.779. The predicted octanol–water partition coefficient (Wildman–Crippen LogP) is 1.81. The average molecular weight is 368 g/mol. The Kier molecular flexibility index (Phi) is 51.9. The molecule has 0 spiro atoms. The Labute approximate surface area is 148 Å². The van der Waals surface area contributed by atoms with Crippen LogP contribution in [0.3, 0.4) is 0 Å². The van der Waals surface area contributed by atoms with E-state index in [0.717, 1.165) is 11.3 Å². The number of ether oxygens (including phenoxy) is 2. The second-order valence-corrected chi connectivity index (χ2v) is 3.23. The number of hydrogen-bond acceptors (Lipinski definition) is 2. The van der Waals surface area contributed by atoms with Crippen LogP contribution in [0.1, 0.15) is 5.56 Å². The van der Waals surface area contributed by atoms with Gasteiger partial charge in [0.2, 0.25) is 0 Å². The van der Waals surface area contributed by atoms with E-state index in [9.17, 15) is 0 Å². The fourth-order valence-corrected chi connectivity index (χ4v) is 1.20. The summed E-state index contributed by atoms with van der Waals surface area (Å²) < 4.78 is 48.5. The van der Waals surface area contributed by atoms with E-state index < -0.39 is 0 Å². The van der Waals surface area contributed by atoms with Gasteiger partial charge in [0.05, 0.1) is 0 Å². The molecule has 0 bridgehead atoms. The van der Waals surface area contributed by atoms with Gasteiger partial charge < -0.3 is 0 Å². The van der Waals surface area contributed by atoms with Crippen LogP contribution in [0.5, 0.6) is 0 Å². The van der Waals surface area contributed by atoms with E-state index in [2.05, 4.69) is 49.1 Å². The standard InChI is InChI=1S/C11H12O2.5CO.Cr/c1-12-9-8-11(13-2)10-6-4-3-5-7-10;5*1-2;/h3-8H,1-2H3;;;;;;/b11-8+;;;;;;. The van der Waals surface area contributed by atoms with E-state index in [0.29, 0.717) is 4.57 Å². The molecule has 0 aliphatic heterocycles. The number of hydrogen-bond donors (Lipinski definition) is 0. The fourth-order valence-electron chi connectivity index (χ4n) is 1.03. The van der Waals surface area contributed by atoms with Crippen molar-refractivity contribution in [2.75, 3.05) is 14.2 Å². The minimum atomic E-state index is 0.700. The zero-order chi connectivity index (χ0) is 20.4. The quantitative estimate of drug-likeness (QED) is 0.458. The Bertz CT molecular complexity index is 490. The maximum atomic E-state index is 7.50. The third kappa shape index (κ3) is 22.1. The molecule has 0 heterocycles. The van der Waals surface area contributed by atoms with Gasteiger partial charge in [-0.15, -0.1) is 0 Å². The molecule has 0 saturated carbocycles. The van der Waals surface area contributed by atoms with Gasteiger partial charge in [0.15, 0.2) is 0 Å². The Balaban J connectivity index is -0.000000103. The van der Waals surface area contributed by atoms with Crippen LogP contribution in [0.15, 0.2) is 36.4 Å². The molecular weight excluding hydrogens is 356 g/mol. The molecule has 7 nitrogen and oxygen atoms in total. The van der Waals surface area contributed by atoms with Gasteiger partial charge in [0.25, 0.3) is 0 Å². The first-order valence-corrected chi connectivity index (χ1v) is 5.83. The Morgan fingerprint density at radius 1 is 0.792 bits per heavy atom. The summed E-state index contributed by atoms with van der Waals surface area (Å²) in [5.41, 5.74) is 1.03. The molecule has 0 atom stereocenters. The molecule has 1 rings (SSSR count). The summed E-state index contributed by atoms with van der Waals surface area (Å²) in [5, 5.41) is 0. The molecule has 24 heavy (non-hydrogen) atoms. The third-order valence-corrected chi connectivity index (χ3v) is 2.17. The van der Waals surface area contributed by atoms with E-state index in [1.165, 1.54) is 0 Å². The van der Waals surface area contributed by atoms with Gasteiger partial charge in [-0.1, -0.05) is 0 Å². The molecule has 8 heteroatoms. The van der Waals surface area contributed by atoms with Crippen molar-refractivity contribution in [1.29, 1.82) is 0 Å².